The topological polar surface area (TPSA) is 3.01 Å². The average molecular weight is 286 g/mol. The molecule has 0 N–H and O–H groups in total. The molecular formula is C21H20N+. The molecule has 1 aliphatic carbocycles. The smallest absolute Gasteiger partial charge is 0.199 e. The Labute approximate surface area is 132 Å². The van der Waals surface area contributed by atoms with Crippen LogP contribution in [0.1, 0.15) is 11.1 Å². The van der Waals surface area contributed by atoms with Crippen molar-refractivity contribution in [3.63, 3.8) is 0 Å². The van der Waals surface area contributed by atoms with Gasteiger partial charge in [0.15, 0.2) is 5.71 Å². The summed E-state index contributed by atoms with van der Waals surface area (Å²) in [5.74, 6) is 0. The lowest BCUT2D eigenvalue weighted by Crippen LogP contribution is -2.10. The fourth-order valence-electron chi connectivity index (χ4n) is 2.64. The highest BCUT2D eigenvalue weighted by Gasteiger charge is 2.12. The summed E-state index contributed by atoms with van der Waals surface area (Å²) in [6.45, 7) is 0. The molecule has 0 heterocycles. The lowest BCUT2D eigenvalue weighted by atomic mass is 9.91. The van der Waals surface area contributed by atoms with Crippen molar-refractivity contribution < 1.29 is 4.58 Å². The molecule has 0 bridgehead atoms. The molecule has 22 heavy (non-hydrogen) atoms. The van der Waals surface area contributed by atoms with Crippen LogP contribution in [-0.2, 0) is 0 Å². The van der Waals surface area contributed by atoms with Crippen molar-refractivity contribution >= 4 is 11.3 Å². The first-order chi connectivity index (χ1) is 10.8. The van der Waals surface area contributed by atoms with Gasteiger partial charge in [0.05, 0.1) is 0 Å². The van der Waals surface area contributed by atoms with E-state index in [1.807, 2.05) is 0 Å². The minimum Gasteiger partial charge on any atom is -0.235 e. The van der Waals surface area contributed by atoms with Crippen LogP contribution < -0.4 is 0 Å². The van der Waals surface area contributed by atoms with E-state index < -0.39 is 0 Å². The predicted octanol–water partition coefficient (Wildman–Crippen LogP) is 4.33. The molecule has 0 amide bonds. The zero-order chi connectivity index (χ0) is 15.4. The van der Waals surface area contributed by atoms with Crippen LogP contribution in [0, 0.1) is 0 Å². The van der Waals surface area contributed by atoms with Crippen molar-refractivity contribution in [1.29, 1.82) is 0 Å². The van der Waals surface area contributed by atoms with Crippen molar-refractivity contribution in [3.8, 4) is 0 Å². The molecule has 0 aliphatic heterocycles. The van der Waals surface area contributed by atoms with E-state index in [-0.39, 0.29) is 0 Å². The lowest BCUT2D eigenvalue weighted by Gasteiger charge is -2.13. The molecule has 0 atom stereocenters. The zero-order valence-corrected chi connectivity index (χ0v) is 13.0. The van der Waals surface area contributed by atoms with Crippen LogP contribution in [0.2, 0.25) is 0 Å². The fourth-order valence-corrected chi connectivity index (χ4v) is 2.64. The number of rotatable bonds is 2. The second kappa shape index (κ2) is 6.40. The molecule has 0 fully saturated rings. The number of hydrogen-bond acceptors (Lipinski definition) is 0. The Morgan fingerprint density at radius 1 is 0.636 bits per heavy atom. The Balaban J connectivity index is 2.16. The van der Waals surface area contributed by atoms with Gasteiger partial charge in [-0.15, -0.1) is 0 Å². The number of benzene rings is 2. The number of nitrogens with zero attached hydrogens (tertiary/aromatic N) is 1. The molecule has 2 aromatic rings. The molecule has 0 spiro atoms. The summed E-state index contributed by atoms with van der Waals surface area (Å²) in [5.41, 5.74) is 6.20. The fraction of sp³-hybridized carbons (Fsp3) is 0.0952. The van der Waals surface area contributed by atoms with Gasteiger partial charge in [-0.2, -0.15) is 0 Å². The minimum atomic E-state index is 1.21. The Morgan fingerprint density at radius 3 is 1.50 bits per heavy atom. The van der Waals surface area contributed by atoms with Gasteiger partial charge in [0.1, 0.15) is 14.1 Å². The van der Waals surface area contributed by atoms with Gasteiger partial charge >= 0.3 is 0 Å². The minimum absolute atomic E-state index is 1.21. The van der Waals surface area contributed by atoms with Gasteiger partial charge in [-0.25, -0.2) is 4.58 Å². The van der Waals surface area contributed by atoms with E-state index in [0.717, 1.165) is 0 Å². The highest BCUT2D eigenvalue weighted by atomic mass is 14.9. The third-order valence-corrected chi connectivity index (χ3v) is 3.80. The van der Waals surface area contributed by atoms with Gasteiger partial charge in [-0.3, -0.25) is 0 Å². The van der Waals surface area contributed by atoms with Crippen LogP contribution in [0.4, 0.5) is 0 Å². The first kappa shape index (κ1) is 14.3. The summed E-state index contributed by atoms with van der Waals surface area (Å²) >= 11 is 0. The Kier molecular flexibility index (Phi) is 4.15. The van der Waals surface area contributed by atoms with Gasteiger partial charge in [-0.1, -0.05) is 60.7 Å². The standard InChI is InChI=1S/C21H20N/c1-22(2)20-15-13-19(14-16-20)21(17-9-5-3-6-10-17)18-11-7-4-8-12-18/h3-16H,1-2H3/q+1. The first-order valence-electron chi connectivity index (χ1n) is 7.51. The number of hydrogen-bond donors (Lipinski definition) is 0. The van der Waals surface area contributed by atoms with E-state index in [4.69, 9.17) is 0 Å². The van der Waals surface area contributed by atoms with Crippen molar-refractivity contribution in [2.24, 2.45) is 0 Å². The molecule has 0 saturated carbocycles. The Hall–Kier alpha value is -2.67. The summed E-state index contributed by atoms with van der Waals surface area (Å²) in [4.78, 5) is 0. The molecule has 0 aromatic heterocycles. The maximum Gasteiger partial charge on any atom is 0.199 e. The summed E-state index contributed by atoms with van der Waals surface area (Å²) in [5, 5.41) is 0. The summed E-state index contributed by atoms with van der Waals surface area (Å²) in [7, 11) is 4.13. The van der Waals surface area contributed by atoms with Crippen molar-refractivity contribution in [2.45, 2.75) is 0 Å². The van der Waals surface area contributed by atoms with Crippen LogP contribution in [-0.4, -0.2) is 24.4 Å². The van der Waals surface area contributed by atoms with E-state index in [1.165, 1.54) is 28.0 Å². The van der Waals surface area contributed by atoms with Crippen molar-refractivity contribution in [3.05, 3.63) is 102 Å². The van der Waals surface area contributed by atoms with Gasteiger partial charge in [0, 0.05) is 12.2 Å². The normalized spacial score (nSPS) is 13.4. The van der Waals surface area contributed by atoms with E-state index in [2.05, 4.69) is 104 Å². The van der Waals surface area contributed by atoms with Crippen LogP contribution in [0.25, 0.3) is 5.57 Å². The molecule has 0 radical (unpaired) electrons. The molecule has 1 heteroatoms. The summed E-state index contributed by atoms with van der Waals surface area (Å²) in [6.07, 6.45) is 8.73. The lowest BCUT2D eigenvalue weighted by molar-refractivity contribution is -0.462. The molecule has 0 unspecified atom stereocenters. The monoisotopic (exact) mass is 286 g/mol. The van der Waals surface area contributed by atoms with Crippen molar-refractivity contribution in [2.75, 3.05) is 14.1 Å². The highest BCUT2D eigenvalue weighted by molar-refractivity contribution is 6.03. The first-order valence-corrected chi connectivity index (χ1v) is 7.51. The summed E-state index contributed by atoms with van der Waals surface area (Å²) < 4.78 is 2.12. The molecule has 3 rings (SSSR count). The highest BCUT2D eigenvalue weighted by Crippen LogP contribution is 2.29. The Morgan fingerprint density at radius 2 is 1.09 bits per heavy atom. The van der Waals surface area contributed by atoms with E-state index >= 15 is 0 Å². The van der Waals surface area contributed by atoms with Gasteiger partial charge in [0.25, 0.3) is 0 Å². The SMILES string of the molecule is C[N+](C)=C1C=CC(=C(c2ccccc2)c2ccccc2)C=C1. The molecule has 108 valence electrons. The molecule has 1 aliphatic rings. The van der Waals surface area contributed by atoms with E-state index in [0.29, 0.717) is 0 Å². The van der Waals surface area contributed by atoms with Gasteiger partial charge < -0.3 is 0 Å². The van der Waals surface area contributed by atoms with E-state index in [1.54, 1.807) is 0 Å². The largest absolute Gasteiger partial charge is 0.235 e. The molecular weight excluding hydrogens is 266 g/mol. The Bertz CT molecular complexity index is 712. The molecule has 0 saturated heterocycles. The third-order valence-electron chi connectivity index (χ3n) is 3.80. The van der Waals surface area contributed by atoms with Crippen LogP contribution in [0.15, 0.2) is 90.5 Å². The maximum absolute atomic E-state index is 2.20. The number of allylic oxidation sites excluding steroid dienone is 5. The van der Waals surface area contributed by atoms with Crippen LogP contribution >= 0.6 is 0 Å². The third kappa shape index (κ3) is 2.99. The predicted molar refractivity (Wildman–Crippen MR) is 94.3 cm³/mol. The van der Waals surface area contributed by atoms with Crippen molar-refractivity contribution in [1.82, 2.24) is 0 Å². The van der Waals surface area contributed by atoms with Crippen LogP contribution in [0.5, 0.6) is 0 Å². The average Bonchev–Trinajstić information content (AvgIpc) is 2.57. The van der Waals surface area contributed by atoms with Crippen LogP contribution in [0.3, 0.4) is 0 Å². The zero-order valence-electron chi connectivity index (χ0n) is 13.0. The molecule has 2 aromatic carbocycles. The quantitative estimate of drug-likeness (QED) is 0.723. The second-order valence-corrected chi connectivity index (χ2v) is 5.55. The second-order valence-electron chi connectivity index (χ2n) is 5.55. The maximum atomic E-state index is 2.20. The summed E-state index contributed by atoms with van der Waals surface area (Å²) in [6, 6.07) is 21.1. The van der Waals surface area contributed by atoms with Gasteiger partial charge in [0.2, 0.25) is 0 Å². The van der Waals surface area contributed by atoms with Gasteiger partial charge in [-0.05, 0) is 34.4 Å². The molecule has 1 nitrogen and oxygen atoms in total. The van der Waals surface area contributed by atoms with E-state index in [9.17, 15) is 0 Å².